The first-order valence-electron chi connectivity index (χ1n) is 10.7. The second-order valence-corrected chi connectivity index (χ2v) is 8.38. The van der Waals surface area contributed by atoms with Gasteiger partial charge in [0, 0.05) is 18.8 Å². The fourth-order valence-corrected chi connectivity index (χ4v) is 4.60. The Bertz CT molecular complexity index is 1270. The van der Waals surface area contributed by atoms with Gasteiger partial charge in [-0.25, -0.2) is 17.6 Å². The Morgan fingerprint density at radius 2 is 2.00 bits per heavy atom. The number of halogens is 4. The van der Waals surface area contributed by atoms with Crippen molar-refractivity contribution in [3.05, 3.63) is 87.5 Å². The zero-order chi connectivity index (χ0) is 23.9. The number of pyridine rings is 1. The van der Waals surface area contributed by atoms with Crippen molar-refractivity contribution >= 4 is 0 Å². The van der Waals surface area contributed by atoms with Crippen molar-refractivity contribution in [3.63, 3.8) is 0 Å². The van der Waals surface area contributed by atoms with Crippen LogP contribution >= 0.6 is 0 Å². The minimum Gasteiger partial charge on any atom is -0.382 e. The smallest absolute Gasteiger partial charge is 0.281 e. The number of aliphatic hydroxyl groups is 1. The SMILES string of the molecule is CCC(F)c1cc(F)cc(C#N)c1Cc1ccc(-c2ccncc2C)c2c1CC(F)(F)C2O. The fourth-order valence-electron chi connectivity index (χ4n) is 4.60. The Hall–Kier alpha value is -3.24. The van der Waals surface area contributed by atoms with Crippen LogP contribution in [0.3, 0.4) is 0 Å². The molecule has 0 radical (unpaired) electrons. The molecule has 1 heterocycles. The molecule has 7 heteroatoms. The van der Waals surface area contributed by atoms with Crippen LogP contribution in [0, 0.1) is 24.1 Å². The molecule has 4 rings (SSSR count). The van der Waals surface area contributed by atoms with Crippen LogP contribution in [0.4, 0.5) is 17.6 Å². The van der Waals surface area contributed by atoms with Crippen LogP contribution in [0.5, 0.6) is 0 Å². The number of aromatic nitrogens is 1. The summed E-state index contributed by atoms with van der Waals surface area (Å²) < 4.78 is 58.1. The monoisotopic (exact) mass is 454 g/mol. The lowest BCUT2D eigenvalue weighted by molar-refractivity contribution is -0.0966. The Kier molecular flexibility index (Phi) is 5.98. The lowest BCUT2D eigenvalue weighted by Crippen LogP contribution is -2.21. The summed E-state index contributed by atoms with van der Waals surface area (Å²) in [6, 6.07) is 9.01. The molecule has 0 bridgehead atoms. The summed E-state index contributed by atoms with van der Waals surface area (Å²) in [5.41, 5.74) is 3.06. The molecule has 2 atom stereocenters. The Labute approximate surface area is 189 Å². The molecule has 3 aromatic rings. The average Bonchev–Trinajstić information content (AvgIpc) is 3.04. The van der Waals surface area contributed by atoms with Gasteiger partial charge in [-0.1, -0.05) is 19.1 Å². The molecular weight excluding hydrogens is 432 g/mol. The maximum atomic E-state index is 14.7. The van der Waals surface area contributed by atoms with Crippen LogP contribution in [0.15, 0.2) is 42.7 Å². The minimum atomic E-state index is -3.37. The molecule has 1 aliphatic rings. The van der Waals surface area contributed by atoms with E-state index in [1.807, 2.05) is 6.07 Å². The Morgan fingerprint density at radius 3 is 2.67 bits per heavy atom. The van der Waals surface area contributed by atoms with Crippen molar-refractivity contribution in [1.82, 2.24) is 4.98 Å². The molecule has 0 fully saturated rings. The maximum Gasteiger partial charge on any atom is 0.281 e. The normalized spacial score (nSPS) is 17.5. The molecule has 1 aromatic heterocycles. The van der Waals surface area contributed by atoms with Crippen LogP contribution in [0.25, 0.3) is 11.1 Å². The molecule has 33 heavy (non-hydrogen) atoms. The number of fused-ring (bicyclic) bond motifs is 1. The van der Waals surface area contributed by atoms with Gasteiger partial charge in [0.05, 0.1) is 11.6 Å². The first-order valence-corrected chi connectivity index (χ1v) is 10.7. The molecule has 1 aliphatic carbocycles. The van der Waals surface area contributed by atoms with Gasteiger partial charge in [-0.2, -0.15) is 5.26 Å². The zero-order valence-electron chi connectivity index (χ0n) is 18.2. The third-order valence-electron chi connectivity index (χ3n) is 6.28. The highest BCUT2D eigenvalue weighted by atomic mass is 19.3. The van der Waals surface area contributed by atoms with Crippen LogP contribution in [-0.2, 0) is 12.8 Å². The quantitative estimate of drug-likeness (QED) is 0.460. The van der Waals surface area contributed by atoms with Gasteiger partial charge in [-0.05, 0) is 82.5 Å². The predicted octanol–water partition coefficient (Wildman–Crippen LogP) is 6.30. The highest BCUT2D eigenvalue weighted by molar-refractivity contribution is 5.74. The summed E-state index contributed by atoms with van der Waals surface area (Å²) in [4.78, 5) is 4.04. The first-order chi connectivity index (χ1) is 15.7. The van der Waals surface area contributed by atoms with Crippen molar-refractivity contribution in [3.8, 4) is 17.2 Å². The summed E-state index contributed by atoms with van der Waals surface area (Å²) in [5, 5.41) is 20.1. The van der Waals surface area contributed by atoms with E-state index in [1.165, 1.54) is 0 Å². The highest BCUT2D eigenvalue weighted by Gasteiger charge is 2.49. The largest absolute Gasteiger partial charge is 0.382 e. The van der Waals surface area contributed by atoms with Gasteiger partial charge in [0.2, 0.25) is 0 Å². The average molecular weight is 454 g/mol. The molecule has 1 N–H and O–H groups in total. The molecule has 2 unspecified atom stereocenters. The summed E-state index contributed by atoms with van der Waals surface area (Å²) in [6.07, 6.45) is -0.953. The van der Waals surface area contributed by atoms with E-state index in [4.69, 9.17) is 0 Å². The number of hydrogen-bond acceptors (Lipinski definition) is 3. The summed E-state index contributed by atoms with van der Waals surface area (Å²) >= 11 is 0. The van der Waals surface area contributed by atoms with Crippen molar-refractivity contribution in [1.29, 1.82) is 5.26 Å². The standard InChI is InChI=1S/C26H22F4N2O/c1-3-23(28)21-10-17(27)8-16(12-31)20(21)9-15-4-5-19(18-6-7-32-13-14(18)2)24-22(15)11-26(29,30)25(24)33/h4-8,10,13,23,25,33H,3,9,11H2,1-2H3. The topological polar surface area (TPSA) is 56.9 Å². The lowest BCUT2D eigenvalue weighted by Gasteiger charge is -2.19. The van der Waals surface area contributed by atoms with E-state index in [0.29, 0.717) is 16.7 Å². The van der Waals surface area contributed by atoms with Crippen LogP contribution in [0.2, 0.25) is 0 Å². The molecule has 2 aromatic carbocycles. The fraction of sp³-hybridized carbons (Fsp3) is 0.308. The lowest BCUT2D eigenvalue weighted by atomic mass is 9.86. The van der Waals surface area contributed by atoms with Crippen molar-refractivity contribution in [2.24, 2.45) is 0 Å². The van der Waals surface area contributed by atoms with E-state index in [9.17, 15) is 27.9 Å². The molecule has 3 nitrogen and oxygen atoms in total. The first kappa shape index (κ1) is 22.9. The summed E-state index contributed by atoms with van der Waals surface area (Å²) in [5.74, 6) is -4.10. The van der Waals surface area contributed by atoms with E-state index < -0.39 is 30.4 Å². The van der Waals surface area contributed by atoms with E-state index in [-0.39, 0.29) is 40.7 Å². The minimum absolute atomic E-state index is 0.0281. The van der Waals surface area contributed by atoms with Gasteiger partial charge >= 0.3 is 0 Å². The number of aryl methyl sites for hydroxylation is 1. The number of benzene rings is 2. The number of rotatable bonds is 5. The van der Waals surface area contributed by atoms with Gasteiger partial charge in [-0.3, -0.25) is 4.98 Å². The third-order valence-corrected chi connectivity index (χ3v) is 6.28. The Morgan fingerprint density at radius 1 is 1.24 bits per heavy atom. The van der Waals surface area contributed by atoms with Gasteiger partial charge in [0.25, 0.3) is 5.92 Å². The molecule has 0 aliphatic heterocycles. The third kappa shape index (κ3) is 4.00. The number of nitriles is 1. The number of aliphatic hydroxyl groups excluding tert-OH is 1. The van der Waals surface area contributed by atoms with Crippen LogP contribution in [-0.4, -0.2) is 16.0 Å². The molecule has 0 saturated carbocycles. The number of alkyl halides is 3. The van der Waals surface area contributed by atoms with Crippen molar-refractivity contribution in [2.45, 2.75) is 51.3 Å². The number of hydrogen-bond donors (Lipinski definition) is 1. The second-order valence-electron chi connectivity index (χ2n) is 8.38. The summed E-state index contributed by atoms with van der Waals surface area (Å²) in [6.45, 7) is 3.41. The van der Waals surface area contributed by atoms with E-state index >= 15 is 0 Å². The Balaban J connectivity index is 1.91. The van der Waals surface area contributed by atoms with Gasteiger partial charge in [-0.15, -0.1) is 0 Å². The van der Waals surface area contributed by atoms with Gasteiger partial charge < -0.3 is 5.11 Å². The molecule has 0 spiro atoms. The molecular formula is C26H22F4N2O. The highest BCUT2D eigenvalue weighted by Crippen LogP contribution is 2.49. The molecule has 170 valence electrons. The second kappa shape index (κ2) is 8.60. The van der Waals surface area contributed by atoms with Crippen molar-refractivity contribution in [2.75, 3.05) is 0 Å². The summed E-state index contributed by atoms with van der Waals surface area (Å²) in [7, 11) is 0. The van der Waals surface area contributed by atoms with E-state index in [0.717, 1.165) is 17.7 Å². The van der Waals surface area contributed by atoms with E-state index in [2.05, 4.69) is 4.98 Å². The number of nitrogens with zero attached hydrogens (tertiary/aromatic N) is 2. The molecule has 0 saturated heterocycles. The predicted molar refractivity (Wildman–Crippen MR) is 116 cm³/mol. The molecule has 0 amide bonds. The zero-order valence-corrected chi connectivity index (χ0v) is 18.2. The van der Waals surface area contributed by atoms with Gasteiger partial charge in [0.15, 0.2) is 0 Å². The van der Waals surface area contributed by atoms with Crippen molar-refractivity contribution < 1.29 is 22.7 Å². The maximum absolute atomic E-state index is 14.7. The van der Waals surface area contributed by atoms with Crippen LogP contribution < -0.4 is 0 Å². The van der Waals surface area contributed by atoms with E-state index in [1.54, 1.807) is 44.4 Å². The van der Waals surface area contributed by atoms with Crippen LogP contribution in [0.1, 0.15) is 64.6 Å². The van der Waals surface area contributed by atoms with Gasteiger partial charge in [0.1, 0.15) is 18.1 Å².